The Morgan fingerprint density at radius 3 is 1.84 bits per heavy atom. The Hall–Kier alpha value is -1.04. The van der Waals surface area contributed by atoms with E-state index in [0.29, 0.717) is 0 Å². The Morgan fingerprint density at radius 2 is 1.38 bits per heavy atom. The Balaban J connectivity index is 3.13. The molecule has 1 rings (SSSR count). The molecule has 1 atom stereocenters. The zero-order valence-corrected chi connectivity index (χ0v) is 21.0. The second-order valence-corrected chi connectivity index (χ2v) is 11.6. The number of nitrogens with zero attached hydrogens (tertiary/aromatic N) is 2. The molecule has 0 amide bonds. The first-order valence-corrected chi connectivity index (χ1v) is 14.0. The number of rotatable bonds is 15. The molecule has 0 aromatic heterocycles. The van der Waals surface area contributed by atoms with Crippen molar-refractivity contribution in [3.05, 3.63) is 0 Å². The molecule has 1 fully saturated rings. The number of hydrogen-bond acceptors (Lipinski definition) is 8. The van der Waals surface area contributed by atoms with Crippen LogP contribution in [0.1, 0.15) is 20.8 Å². The number of halogens is 1. The van der Waals surface area contributed by atoms with E-state index < -0.39 is 46.2 Å². The topological polar surface area (TPSA) is 156 Å². The van der Waals surface area contributed by atoms with Crippen LogP contribution in [0.15, 0.2) is 0 Å². The van der Waals surface area contributed by atoms with Gasteiger partial charge in [-0.3, -0.25) is 23.5 Å². The molecule has 0 aliphatic carbocycles. The highest BCUT2D eigenvalue weighted by Gasteiger charge is 2.47. The Bertz CT molecular complexity index is 717. The van der Waals surface area contributed by atoms with Crippen LogP contribution in [0.4, 0.5) is 0 Å². The summed E-state index contributed by atoms with van der Waals surface area (Å²) < 4.78 is 44.9. The number of hydrogen-bond donors (Lipinski definition) is 3. The molecular formula is C16H32ClN5O8P2. The molecule has 1 heterocycles. The zero-order chi connectivity index (χ0) is 24.2. The molecule has 0 bridgehead atoms. The highest BCUT2D eigenvalue weighted by molar-refractivity contribution is 7.73. The summed E-state index contributed by atoms with van der Waals surface area (Å²) in [5.41, 5.74) is 0. The van der Waals surface area contributed by atoms with E-state index in [1.807, 2.05) is 0 Å². The standard InChI is InChI=1S/C16H32ClN5O8P2/c1-4-28-14(23)11-18-31(26,19-12-15(24)29-5-2)20-32(27)21(8-7-17)9-10-22(32)13-16(25)30-6-3/h4-13H2,1-3H3,(H3,18,19,20,26,27). The third-order valence-corrected chi connectivity index (χ3v) is 9.94. The molecule has 186 valence electrons. The van der Waals surface area contributed by atoms with E-state index in [2.05, 4.69) is 15.0 Å². The maximum absolute atomic E-state index is 14.0. The van der Waals surface area contributed by atoms with Crippen molar-refractivity contribution < 1.29 is 37.7 Å². The molecule has 32 heavy (non-hydrogen) atoms. The third kappa shape index (κ3) is 9.07. The number of carbonyl (C=O) groups excluding carboxylic acids is 3. The van der Waals surface area contributed by atoms with Gasteiger partial charge in [-0.1, -0.05) is 0 Å². The van der Waals surface area contributed by atoms with E-state index in [1.165, 1.54) is 9.34 Å². The first-order valence-electron chi connectivity index (χ1n) is 10.2. The second-order valence-electron chi connectivity index (χ2n) is 6.37. The van der Waals surface area contributed by atoms with Crippen LogP contribution in [0.2, 0.25) is 0 Å². The van der Waals surface area contributed by atoms with Crippen molar-refractivity contribution in [2.75, 3.05) is 65.0 Å². The van der Waals surface area contributed by atoms with Crippen molar-refractivity contribution in [1.82, 2.24) is 24.4 Å². The maximum Gasteiger partial charge on any atom is 0.320 e. The van der Waals surface area contributed by atoms with Gasteiger partial charge in [0.25, 0.3) is 15.2 Å². The average molecular weight is 520 g/mol. The van der Waals surface area contributed by atoms with Gasteiger partial charge in [-0.25, -0.2) is 19.5 Å². The molecule has 1 aliphatic heterocycles. The van der Waals surface area contributed by atoms with E-state index in [9.17, 15) is 23.5 Å². The van der Waals surface area contributed by atoms with Crippen LogP contribution in [0, 0.1) is 0 Å². The first-order chi connectivity index (χ1) is 15.1. The lowest BCUT2D eigenvalue weighted by atomic mass is 10.5. The van der Waals surface area contributed by atoms with Gasteiger partial charge in [0.1, 0.15) is 19.6 Å². The summed E-state index contributed by atoms with van der Waals surface area (Å²) in [6.07, 6.45) is 0. The van der Waals surface area contributed by atoms with Crippen molar-refractivity contribution in [2.24, 2.45) is 0 Å². The lowest BCUT2D eigenvalue weighted by Gasteiger charge is -2.33. The summed E-state index contributed by atoms with van der Waals surface area (Å²) in [7, 11) is -7.86. The molecule has 0 spiro atoms. The molecular weight excluding hydrogens is 488 g/mol. The highest BCUT2D eigenvalue weighted by Crippen LogP contribution is 2.59. The highest BCUT2D eigenvalue weighted by atomic mass is 35.5. The summed E-state index contributed by atoms with van der Waals surface area (Å²) in [6, 6.07) is 0. The minimum Gasteiger partial charge on any atom is -0.465 e. The molecule has 1 unspecified atom stereocenters. The van der Waals surface area contributed by atoms with Gasteiger partial charge in [0, 0.05) is 25.5 Å². The van der Waals surface area contributed by atoms with Gasteiger partial charge in [-0.05, 0) is 20.8 Å². The summed E-state index contributed by atoms with van der Waals surface area (Å²) in [6.45, 7) is 4.65. The summed E-state index contributed by atoms with van der Waals surface area (Å²) in [5, 5.41) is 4.94. The number of nitrogens with one attached hydrogen (secondary N) is 3. The van der Waals surface area contributed by atoms with Crippen LogP contribution in [0.5, 0.6) is 0 Å². The normalized spacial score (nSPS) is 19.6. The van der Waals surface area contributed by atoms with Crippen molar-refractivity contribution in [3.63, 3.8) is 0 Å². The van der Waals surface area contributed by atoms with E-state index in [-0.39, 0.29) is 51.9 Å². The number of alkyl halides is 1. The van der Waals surface area contributed by atoms with Gasteiger partial charge in [0.15, 0.2) is 0 Å². The van der Waals surface area contributed by atoms with Crippen molar-refractivity contribution >= 4 is 44.7 Å². The lowest BCUT2D eigenvalue weighted by Crippen LogP contribution is -2.41. The van der Waals surface area contributed by atoms with Gasteiger partial charge in [0.05, 0.1) is 19.8 Å². The molecule has 3 N–H and O–H groups in total. The number of ether oxygens (including phenoxy) is 3. The predicted molar refractivity (Wildman–Crippen MR) is 118 cm³/mol. The Morgan fingerprint density at radius 1 is 0.906 bits per heavy atom. The Kier molecular flexibility index (Phi) is 12.9. The molecule has 16 heteroatoms. The minimum atomic E-state index is -4.04. The largest absolute Gasteiger partial charge is 0.465 e. The summed E-state index contributed by atoms with van der Waals surface area (Å²) >= 11 is 5.83. The molecule has 0 aromatic carbocycles. The minimum absolute atomic E-state index is 0.115. The first kappa shape index (κ1) is 29.0. The average Bonchev–Trinajstić information content (AvgIpc) is 3.01. The second kappa shape index (κ2) is 14.3. The summed E-state index contributed by atoms with van der Waals surface area (Å²) in [5.74, 6) is -1.86. The van der Waals surface area contributed by atoms with Crippen LogP contribution in [-0.4, -0.2) is 92.2 Å². The van der Waals surface area contributed by atoms with E-state index >= 15 is 0 Å². The fraction of sp³-hybridized carbons (Fsp3) is 0.812. The summed E-state index contributed by atoms with van der Waals surface area (Å²) in [4.78, 5) is 38.1. The predicted octanol–water partition coefficient (Wildman–Crippen LogP) is 0.517. The lowest BCUT2D eigenvalue weighted by molar-refractivity contribution is -0.143. The third-order valence-electron chi connectivity index (χ3n) is 4.12. The smallest absolute Gasteiger partial charge is 0.320 e. The van der Waals surface area contributed by atoms with E-state index in [0.717, 1.165) is 0 Å². The molecule has 1 aliphatic rings. The fourth-order valence-corrected chi connectivity index (χ4v) is 8.71. The van der Waals surface area contributed by atoms with Crippen LogP contribution in [-0.2, 0) is 37.7 Å². The van der Waals surface area contributed by atoms with Gasteiger partial charge >= 0.3 is 17.9 Å². The van der Waals surface area contributed by atoms with E-state index in [1.54, 1.807) is 20.8 Å². The SMILES string of the molecule is CCOC(=O)CNP(=O)(NCC(=O)OCC)NP1(=O)N(CCCl)CCN1CC(=O)OCC. The van der Waals surface area contributed by atoms with E-state index in [4.69, 9.17) is 25.8 Å². The van der Waals surface area contributed by atoms with Crippen molar-refractivity contribution in [3.8, 4) is 0 Å². The number of carbonyl (C=O) groups is 3. The van der Waals surface area contributed by atoms with Gasteiger partial charge in [0.2, 0.25) is 0 Å². The Labute approximate surface area is 192 Å². The molecule has 0 radical (unpaired) electrons. The fourth-order valence-electron chi connectivity index (χ4n) is 2.77. The maximum atomic E-state index is 14.0. The van der Waals surface area contributed by atoms with Crippen molar-refractivity contribution in [1.29, 1.82) is 0 Å². The van der Waals surface area contributed by atoms with Crippen LogP contribution >= 0.6 is 26.8 Å². The van der Waals surface area contributed by atoms with Gasteiger partial charge < -0.3 is 14.2 Å². The quantitative estimate of drug-likeness (QED) is 0.119. The molecule has 0 saturated carbocycles. The van der Waals surface area contributed by atoms with Crippen LogP contribution < -0.4 is 15.0 Å². The molecule has 13 nitrogen and oxygen atoms in total. The van der Waals surface area contributed by atoms with Crippen LogP contribution in [0.3, 0.4) is 0 Å². The van der Waals surface area contributed by atoms with Crippen molar-refractivity contribution in [2.45, 2.75) is 20.8 Å². The van der Waals surface area contributed by atoms with Gasteiger partial charge in [-0.2, -0.15) is 4.86 Å². The monoisotopic (exact) mass is 519 g/mol. The van der Waals surface area contributed by atoms with Gasteiger partial charge in [-0.15, -0.1) is 11.6 Å². The van der Waals surface area contributed by atoms with Crippen LogP contribution in [0.25, 0.3) is 0 Å². The molecule has 1 saturated heterocycles. The zero-order valence-electron chi connectivity index (χ0n) is 18.5. The molecule has 0 aromatic rings. The number of esters is 3.